The second kappa shape index (κ2) is 4.36. The van der Waals surface area contributed by atoms with Gasteiger partial charge in [-0.25, -0.2) is 4.79 Å². The number of nitrogens with two attached hydrogens (primary N) is 1. The summed E-state index contributed by atoms with van der Waals surface area (Å²) in [4.78, 5) is 25.9. The minimum Gasteiger partial charge on any atom is -0.492 e. The number of aromatic hydroxyl groups is 2. The normalized spacial score (nSPS) is 9.87. The van der Waals surface area contributed by atoms with Gasteiger partial charge in [-0.1, -0.05) is 0 Å². The standard InChI is InChI=1S/C8H10N2O5/c9-5(11)1-4-8(14)15-10-6(12)2-3-7(10)13/h2-3,12-13H,1,4H2,(H2,9,11). The third-order valence-corrected chi connectivity index (χ3v) is 1.57. The molecule has 0 fully saturated rings. The topological polar surface area (TPSA) is 115 Å². The fourth-order valence-electron chi connectivity index (χ4n) is 0.868. The molecule has 0 radical (unpaired) electrons. The molecule has 1 aromatic rings. The van der Waals surface area contributed by atoms with Crippen LogP contribution in [0.5, 0.6) is 11.8 Å². The maximum Gasteiger partial charge on any atom is 0.333 e. The molecule has 1 heterocycles. The molecule has 4 N–H and O–H groups in total. The number of primary amides is 1. The molecular formula is C8H10N2O5. The van der Waals surface area contributed by atoms with Gasteiger partial charge in [-0.15, -0.1) is 4.73 Å². The number of carbonyl (C=O) groups is 2. The molecule has 0 aromatic carbocycles. The fourth-order valence-corrected chi connectivity index (χ4v) is 0.868. The van der Waals surface area contributed by atoms with Crippen LogP contribution in [0.25, 0.3) is 0 Å². The summed E-state index contributed by atoms with van der Waals surface area (Å²) in [7, 11) is 0. The van der Waals surface area contributed by atoms with E-state index >= 15 is 0 Å². The molecule has 0 spiro atoms. The van der Waals surface area contributed by atoms with Crippen molar-refractivity contribution in [3.63, 3.8) is 0 Å². The summed E-state index contributed by atoms with van der Waals surface area (Å²) in [6.07, 6.45) is -0.367. The molecule has 0 aliphatic heterocycles. The first-order chi connectivity index (χ1) is 7.00. The van der Waals surface area contributed by atoms with Crippen LogP contribution in [0.1, 0.15) is 12.8 Å². The second-order valence-corrected chi connectivity index (χ2v) is 2.77. The van der Waals surface area contributed by atoms with Crippen molar-refractivity contribution in [3.05, 3.63) is 12.1 Å². The predicted molar refractivity (Wildman–Crippen MR) is 47.8 cm³/mol. The summed E-state index contributed by atoms with van der Waals surface area (Å²) >= 11 is 0. The summed E-state index contributed by atoms with van der Waals surface area (Å²) in [5, 5.41) is 18.2. The average molecular weight is 214 g/mol. The van der Waals surface area contributed by atoms with Gasteiger partial charge < -0.3 is 20.8 Å². The Bertz CT molecular complexity index is 365. The van der Waals surface area contributed by atoms with Crippen molar-refractivity contribution in [2.24, 2.45) is 5.73 Å². The smallest absolute Gasteiger partial charge is 0.333 e. The first-order valence-electron chi connectivity index (χ1n) is 4.10. The van der Waals surface area contributed by atoms with Crippen molar-refractivity contribution in [2.45, 2.75) is 12.8 Å². The van der Waals surface area contributed by atoms with Crippen LogP contribution in [-0.2, 0) is 9.59 Å². The van der Waals surface area contributed by atoms with Gasteiger partial charge in [0.05, 0.1) is 6.42 Å². The molecule has 0 aliphatic rings. The van der Waals surface area contributed by atoms with Crippen molar-refractivity contribution in [2.75, 3.05) is 0 Å². The van der Waals surface area contributed by atoms with Gasteiger partial charge in [0.1, 0.15) is 0 Å². The molecule has 0 aliphatic carbocycles. The lowest BCUT2D eigenvalue weighted by Gasteiger charge is -2.05. The summed E-state index contributed by atoms with van der Waals surface area (Å²) in [5.41, 5.74) is 4.82. The number of nitrogens with zero attached hydrogens (tertiary/aromatic N) is 1. The van der Waals surface area contributed by atoms with Gasteiger partial charge in [0.15, 0.2) is 0 Å². The van der Waals surface area contributed by atoms with Crippen molar-refractivity contribution >= 4 is 11.9 Å². The highest BCUT2D eigenvalue weighted by Crippen LogP contribution is 2.18. The summed E-state index contributed by atoms with van der Waals surface area (Å²) in [5.74, 6) is -2.25. The minimum absolute atomic E-state index is 0.151. The van der Waals surface area contributed by atoms with Crippen LogP contribution in [0, 0.1) is 0 Å². The van der Waals surface area contributed by atoms with Crippen molar-refractivity contribution in [1.82, 2.24) is 4.73 Å². The quantitative estimate of drug-likeness (QED) is 0.602. The van der Waals surface area contributed by atoms with Crippen LogP contribution in [0.4, 0.5) is 0 Å². The Morgan fingerprint density at radius 1 is 1.27 bits per heavy atom. The lowest BCUT2D eigenvalue weighted by atomic mass is 10.3. The van der Waals surface area contributed by atoms with Gasteiger partial charge >= 0.3 is 5.97 Å². The number of hydrogen-bond donors (Lipinski definition) is 3. The lowest BCUT2D eigenvalue weighted by molar-refractivity contribution is -0.146. The Balaban J connectivity index is 2.55. The summed E-state index contributed by atoms with van der Waals surface area (Å²) in [6, 6.07) is 2.30. The van der Waals surface area contributed by atoms with E-state index in [1.165, 1.54) is 0 Å². The Morgan fingerprint density at radius 3 is 2.27 bits per heavy atom. The molecular weight excluding hydrogens is 204 g/mol. The van der Waals surface area contributed by atoms with Gasteiger partial charge in [0.2, 0.25) is 17.7 Å². The maximum atomic E-state index is 11.0. The molecule has 1 aromatic heterocycles. The number of hydrogen-bond acceptors (Lipinski definition) is 5. The molecule has 0 saturated heterocycles. The van der Waals surface area contributed by atoms with E-state index in [1.54, 1.807) is 0 Å². The molecule has 1 rings (SSSR count). The highest BCUT2D eigenvalue weighted by atomic mass is 16.7. The Morgan fingerprint density at radius 2 is 1.80 bits per heavy atom. The van der Waals surface area contributed by atoms with Crippen LogP contribution >= 0.6 is 0 Å². The van der Waals surface area contributed by atoms with Crippen molar-refractivity contribution in [1.29, 1.82) is 0 Å². The van der Waals surface area contributed by atoms with Crippen molar-refractivity contribution < 1.29 is 24.6 Å². The largest absolute Gasteiger partial charge is 0.492 e. The van der Waals surface area contributed by atoms with Crippen LogP contribution in [0.15, 0.2) is 12.1 Å². The Hall–Kier alpha value is -2.18. The fraction of sp³-hybridized carbons (Fsp3) is 0.250. The molecule has 0 bridgehead atoms. The van der Waals surface area contributed by atoms with Gasteiger partial charge in [-0.2, -0.15) is 0 Å². The third-order valence-electron chi connectivity index (χ3n) is 1.57. The van der Waals surface area contributed by atoms with E-state index < -0.39 is 23.6 Å². The SMILES string of the molecule is NC(=O)CCC(=O)On1c(O)ccc1O. The maximum absolute atomic E-state index is 11.0. The molecule has 1 amide bonds. The molecule has 7 heteroatoms. The summed E-state index contributed by atoms with van der Waals surface area (Å²) in [6.45, 7) is 0. The van der Waals surface area contributed by atoms with Crippen LogP contribution < -0.4 is 10.6 Å². The zero-order chi connectivity index (χ0) is 11.4. The van der Waals surface area contributed by atoms with Crippen LogP contribution in [0.3, 0.4) is 0 Å². The van der Waals surface area contributed by atoms with E-state index in [0.29, 0.717) is 4.73 Å². The summed E-state index contributed by atoms with van der Waals surface area (Å²) < 4.78 is 0.545. The second-order valence-electron chi connectivity index (χ2n) is 2.77. The Labute approximate surface area is 84.6 Å². The molecule has 0 atom stereocenters. The number of amides is 1. The van der Waals surface area contributed by atoms with E-state index in [2.05, 4.69) is 4.84 Å². The van der Waals surface area contributed by atoms with E-state index in [1.807, 2.05) is 0 Å². The average Bonchev–Trinajstić information content (AvgIpc) is 2.46. The first-order valence-corrected chi connectivity index (χ1v) is 4.10. The van der Waals surface area contributed by atoms with Gasteiger partial charge in [-0.3, -0.25) is 4.79 Å². The van der Waals surface area contributed by atoms with E-state index in [0.717, 1.165) is 12.1 Å². The van der Waals surface area contributed by atoms with Gasteiger partial charge in [0, 0.05) is 18.6 Å². The monoisotopic (exact) mass is 214 g/mol. The molecule has 0 saturated carbocycles. The van der Waals surface area contributed by atoms with E-state index in [-0.39, 0.29) is 12.8 Å². The van der Waals surface area contributed by atoms with Crippen molar-refractivity contribution in [3.8, 4) is 11.8 Å². The molecule has 82 valence electrons. The lowest BCUT2D eigenvalue weighted by Crippen LogP contribution is -2.21. The van der Waals surface area contributed by atoms with E-state index in [9.17, 15) is 9.59 Å². The van der Waals surface area contributed by atoms with Crippen LogP contribution in [-0.4, -0.2) is 26.8 Å². The van der Waals surface area contributed by atoms with Gasteiger partial charge in [-0.05, 0) is 0 Å². The zero-order valence-electron chi connectivity index (χ0n) is 7.71. The third kappa shape index (κ3) is 2.90. The van der Waals surface area contributed by atoms with Crippen LogP contribution in [0.2, 0.25) is 0 Å². The molecule has 15 heavy (non-hydrogen) atoms. The molecule has 0 unspecified atom stereocenters. The van der Waals surface area contributed by atoms with E-state index in [4.69, 9.17) is 15.9 Å². The zero-order valence-corrected chi connectivity index (χ0v) is 7.71. The molecule has 7 nitrogen and oxygen atoms in total. The van der Waals surface area contributed by atoms with Gasteiger partial charge in [0.25, 0.3) is 0 Å². The highest BCUT2D eigenvalue weighted by Gasteiger charge is 2.12. The Kier molecular flexibility index (Phi) is 3.17. The number of rotatable bonds is 4. The predicted octanol–water partition coefficient (Wildman–Crippen LogP) is -0.880. The highest BCUT2D eigenvalue weighted by molar-refractivity contribution is 5.80. The minimum atomic E-state index is -0.782. The number of aromatic nitrogens is 1. The first kappa shape index (κ1) is 10.9. The number of carbonyl (C=O) groups excluding carboxylic acids is 2.